The van der Waals surface area contributed by atoms with Crippen LogP contribution in [0.3, 0.4) is 0 Å². The fourth-order valence-corrected chi connectivity index (χ4v) is 0. The Kier molecular flexibility index (Phi) is 1.63. The Morgan fingerprint density at radius 2 is 1.67 bits per heavy atom. The van der Waals surface area contributed by atoms with Crippen LogP contribution in [0.5, 0.6) is 0 Å². The monoisotopic (exact) mass is 84.1 g/mol. The topological polar surface area (TPSA) is 0 Å². The van der Waals surface area contributed by atoms with E-state index in [9.17, 15) is 0 Å². The van der Waals surface area contributed by atoms with Gasteiger partial charge in [-0.1, -0.05) is 20.8 Å². The predicted octanol–water partition coefficient (Wildman–Crippen LogP) is 2.07. The summed E-state index contributed by atoms with van der Waals surface area (Å²) < 4.78 is 0. The van der Waals surface area contributed by atoms with E-state index in [4.69, 9.17) is 0 Å². The highest BCUT2D eigenvalue weighted by Crippen LogP contribution is 2.14. The first-order valence-corrected chi connectivity index (χ1v) is 2.22. The van der Waals surface area contributed by atoms with Crippen molar-refractivity contribution in [3.8, 4) is 0 Å². The lowest BCUT2D eigenvalue weighted by Crippen LogP contribution is -2.01. The Hall–Kier alpha value is 0. The summed E-state index contributed by atoms with van der Waals surface area (Å²) in [5.74, 6) is 0. The van der Waals surface area contributed by atoms with E-state index < -0.39 is 0 Å². The summed E-state index contributed by atoms with van der Waals surface area (Å²) in [5.41, 5.74) is 0.167. The number of hydrogen-bond donors (Lipinski definition) is 0. The Morgan fingerprint density at radius 1 is 1.50 bits per heavy atom. The lowest BCUT2D eigenvalue weighted by atomic mass is 9.94. The van der Waals surface area contributed by atoms with E-state index in [-0.39, 0.29) is 5.41 Å². The molecule has 0 aliphatic heterocycles. The molecule has 0 saturated heterocycles. The Balaban J connectivity index is 3.17. The third kappa shape index (κ3) is 4.00. The van der Waals surface area contributed by atoms with E-state index in [2.05, 4.69) is 27.2 Å². The molecule has 36 valence electrons. The second kappa shape index (κ2) is 1.63. The molecule has 0 amide bonds. The van der Waals surface area contributed by atoms with E-state index in [1.165, 1.54) is 0 Å². The molecule has 0 heteroatoms. The summed E-state index contributed by atoms with van der Waals surface area (Å²) in [6, 6.07) is 0. The molecule has 0 bridgehead atoms. The maximum Gasteiger partial charge on any atom is -0.0326 e. The molecular weight excluding hydrogens is 72.1 g/mol. The van der Waals surface area contributed by atoms with Gasteiger partial charge in [0, 0.05) is 0 Å². The van der Waals surface area contributed by atoms with Gasteiger partial charge < -0.3 is 0 Å². The lowest BCUT2D eigenvalue weighted by molar-refractivity contribution is 0.566. The zero-order chi connectivity index (χ0) is 5.21. The van der Waals surface area contributed by atoms with Crippen molar-refractivity contribution in [1.29, 1.82) is 0 Å². The molecule has 2 radical (unpaired) electrons. The largest absolute Gasteiger partial charge is 0.0617 e. The molecule has 0 aromatic rings. The van der Waals surface area contributed by atoms with Crippen LogP contribution in [0.15, 0.2) is 0 Å². The zero-order valence-corrected chi connectivity index (χ0v) is 4.78. The van der Waals surface area contributed by atoms with Gasteiger partial charge in [-0.05, 0) is 18.8 Å². The van der Waals surface area contributed by atoms with Crippen molar-refractivity contribution in [2.75, 3.05) is 0 Å². The molecule has 0 fully saturated rings. The summed E-state index contributed by atoms with van der Waals surface area (Å²) in [4.78, 5) is 0. The first-order valence-electron chi connectivity index (χ1n) is 2.22. The van der Waals surface area contributed by atoms with Crippen molar-refractivity contribution >= 4 is 0 Å². The van der Waals surface area contributed by atoms with Gasteiger partial charge in [-0.3, -0.25) is 0 Å². The van der Waals surface area contributed by atoms with Crippen molar-refractivity contribution in [1.82, 2.24) is 0 Å². The number of rotatable bonds is 1. The van der Waals surface area contributed by atoms with E-state index in [1.54, 1.807) is 0 Å². The highest BCUT2D eigenvalue weighted by molar-refractivity contribution is 4.82. The van der Waals surface area contributed by atoms with Gasteiger partial charge in [0.25, 0.3) is 0 Å². The van der Waals surface area contributed by atoms with Crippen LogP contribution < -0.4 is 0 Å². The highest BCUT2D eigenvalue weighted by atomic mass is 14.1. The van der Waals surface area contributed by atoms with Gasteiger partial charge in [-0.25, -0.2) is 0 Å². The Labute approximate surface area is 40.6 Å². The molecule has 0 rings (SSSR count). The van der Waals surface area contributed by atoms with Crippen LogP contribution in [-0.2, 0) is 0 Å². The van der Waals surface area contributed by atoms with Gasteiger partial charge >= 0.3 is 0 Å². The molecule has 0 N–H and O–H groups in total. The molecule has 0 unspecified atom stereocenters. The first-order chi connectivity index (χ1) is 2.56. The van der Waals surface area contributed by atoms with Gasteiger partial charge in [0.2, 0.25) is 0 Å². The van der Waals surface area contributed by atoms with Gasteiger partial charge in [0.15, 0.2) is 0 Å². The smallest absolute Gasteiger partial charge is 0.0326 e. The third-order valence-corrected chi connectivity index (χ3v) is 0.781. The zero-order valence-electron chi connectivity index (χ0n) is 4.78. The predicted molar refractivity (Wildman–Crippen MR) is 29.1 cm³/mol. The van der Waals surface area contributed by atoms with E-state index in [0.29, 0.717) is 0 Å². The molecule has 0 aliphatic carbocycles. The molecule has 0 heterocycles. The molecule has 0 aliphatic rings. The Bertz CT molecular complexity index is 29.8. The second-order valence-electron chi connectivity index (χ2n) is 2.28. The van der Waals surface area contributed by atoms with Crippen molar-refractivity contribution in [3.05, 3.63) is 13.3 Å². The summed E-state index contributed by atoms with van der Waals surface area (Å²) in [6.07, 6.45) is 2.08. The van der Waals surface area contributed by atoms with Crippen LogP contribution in [0.4, 0.5) is 0 Å². The first kappa shape index (κ1) is 6.00. The Morgan fingerprint density at radius 3 is 1.67 bits per heavy atom. The van der Waals surface area contributed by atoms with Crippen LogP contribution in [-0.4, -0.2) is 0 Å². The molecule has 0 aromatic carbocycles. The highest BCUT2D eigenvalue weighted by Gasteiger charge is 2.03. The molecule has 0 atom stereocenters. The van der Waals surface area contributed by atoms with Crippen molar-refractivity contribution in [2.24, 2.45) is 5.41 Å². The van der Waals surface area contributed by atoms with Crippen LogP contribution in [0, 0.1) is 18.8 Å². The van der Waals surface area contributed by atoms with Crippen LogP contribution in [0.2, 0.25) is 0 Å². The molecule has 0 saturated carbocycles. The van der Waals surface area contributed by atoms with Gasteiger partial charge in [-0.15, -0.1) is 0 Å². The normalized spacial score (nSPS) is 12.0. The summed E-state index contributed by atoms with van der Waals surface area (Å²) in [7, 11) is 0. The molecule has 6 heavy (non-hydrogen) atoms. The minimum absolute atomic E-state index is 0.167. The van der Waals surface area contributed by atoms with Crippen LogP contribution >= 0.6 is 0 Å². The van der Waals surface area contributed by atoms with Crippen molar-refractivity contribution in [3.63, 3.8) is 0 Å². The van der Waals surface area contributed by atoms with Gasteiger partial charge in [-0.2, -0.15) is 0 Å². The van der Waals surface area contributed by atoms with Gasteiger partial charge in [0.1, 0.15) is 0 Å². The fraction of sp³-hybridized carbons (Fsp3) is 0.667. The van der Waals surface area contributed by atoms with E-state index >= 15 is 0 Å². The van der Waals surface area contributed by atoms with Crippen LogP contribution in [0.25, 0.3) is 0 Å². The molecule has 0 aromatic heterocycles. The molecular formula is C6H12. The minimum Gasteiger partial charge on any atom is -0.0617 e. The van der Waals surface area contributed by atoms with Gasteiger partial charge in [0.05, 0.1) is 0 Å². The second-order valence-corrected chi connectivity index (χ2v) is 2.28. The van der Waals surface area contributed by atoms with E-state index in [0.717, 1.165) is 0 Å². The lowest BCUT2D eigenvalue weighted by Gasteiger charge is -2.11. The SMILES string of the molecule is [CH2]C(C)(C)[CH]C. The van der Waals surface area contributed by atoms with Crippen LogP contribution in [0.1, 0.15) is 20.8 Å². The fourth-order valence-electron chi connectivity index (χ4n) is 0. The minimum atomic E-state index is 0.167. The molecule has 0 spiro atoms. The van der Waals surface area contributed by atoms with Crippen molar-refractivity contribution in [2.45, 2.75) is 20.8 Å². The average molecular weight is 84.2 g/mol. The number of hydrogen-bond acceptors (Lipinski definition) is 0. The summed E-state index contributed by atoms with van der Waals surface area (Å²) >= 11 is 0. The summed E-state index contributed by atoms with van der Waals surface area (Å²) in [6.45, 7) is 10.0. The maximum absolute atomic E-state index is 3.83. The summed E-state index contributed by atoms with van der Waals surface area (Å²) in [5, 5.41) is 0. The van der Waals surface area contributed by atoms with E-state index in [1.807, 2.05) is 6.92 Å². The average Bonchev–Trinajstić information content (AvgIpc) is 1.35. The third-order valence-electron chi connectivity index (χ3n) is 0.781. The molecule has 0 nitrogen and oxygen atoms in total. The van der Waals surface area contributed by atoms with Crippen molar-refractivity contribution < 1.29 is 0 Å². The standard InChI is InChI=1S/C6H12/c1-5-6(2,3)4/h5H,2H2,1,3-4H3. The maximum atomic E-state index is 3.83. The quantitative estimate of drug-likeness (QED) is 0.456.